The number of imidazole rings is 1. The zero-order valence-electron chi connectivity index (χ0n) is 12.1. The predicted molar refractivity (Wildman–Crippen MR) is 91.1 cm³/mol. The molecule has 0 saturated carbocycles. The molecule has 0 N–H and O–H groups in total. The molecule has 0 aliphatic rings. The van der Waals surface area contributed by atoms with Crippen molar-refractivity contribution in [3.8, 4) is 16.8 Å². The Morgan fingerprint density at radius 1 is 1.00 bits per heavy atom. The van der Waals surface area contributed by atoms with Crippen molar-refractivity contribution in [1.29, 1.82) is 0 Å². The van der Waals surface area contributed by atoms with Gasteiger partial charge in [0.05, 0.1) is 22.9 Å². The number of pyridine rings is 1. The summed E-state index contributed by atoms with van der Waals surface area (Å²) in [6, 6.07) is 9.61. The number of rotatable bonds is 2. The van der Waals surface area contributed by atoms with Crippen LogP contribution in [0, 0.1) is 0 Å². The number of nitrogens with zero attached hydrogens (tertiary/aromatic N) is 5. The molecule has 0 fully saturated rings. The highest BCUT2D eigenvalue weighted by Crippen LogP contribution is 2.26. The Bertz CT molecular complexity index is 998. The molecule has 1 aromatic carbocycles. The molecule has 0 radical (unpaired) electrons. The summed E-state index contributed by atoms with van der Waals surface area (Å²) in [7, 11) is 1.90. The third-order valence-electron chi connectivity index (χ3n) is 3.61. The number of hydrogen-bond donors (Lipinski definition) is 0. The van der Waals surface area contributed by atoms with Gasteiger partial charge in [0.2, 0.25) is 0 Å². The number of aryl methyl sites for hydroxylation is 1. The topological polar surface area (TPSA) is 48.5 Å². The van der Waals surface area contributed by atoms with Crippen molar-refractivity contribution in [3.63, 3.8) is 0 Å². The van der Waals surface area contributed by atoms with Gasteiger partial charge in [-0.2, -0.15) is 5.10 Å². The zero-order chi connectivity index (χ0) is 16.0. The Labute approximate surface area is 142 Å². The molecule has 5 nitrogen and oxygen atoms in total. The van der Waals surface area contributed by atoms with Gasteiger partial charge in [0.15, 0.2) is 0 Å². The molecule has 23 heavy (non-hydrogen) atoms. The van der Waals surface area contributed by atoms with E-state index in [1.54, 1.807) is 23.1 Å². The van der Waals surface area contributed by atoms with Crippen LogP contribution in [0.3, 0.4) is 0 Å². The SMILES string of the molecule is Cn1cc(-c2ccc3c(c2)ncn3-c2cc(Cl)nc(Cl)c2)cn1. The van der Waals surface area contributed by atoms with Gasteiger partial charge in [0, 0.05) is 18.8 Å². The van der Waals surface area contributed by atoms with Crippen LogP contribution in [0.15, 0.2) is 49.1 Å². The van der Waals surface area contributed by atoms with E-state index in [0.29, 0.717) is 10.3 Å². The molecule has 0 aliphatic carbocycles. The predicted octanol–water partition coefficient (Wildman–Crippen LogP) is 4.13. The van der Waals surface area contributed by atoms with Crippen LogP contribution in [0.5, 0.6) is 0 Å². The Balaban J connectivity index is 1.84. The molecule has 0 atom stereocenters. The van der Waals surface area contributed by atoms with E-state index in [9.17, 15) is 0 Å². The summed E-state index contributed by atoms with van der Waals surface area (Å²) in [6.45, 7) is 0. The van der Waals surface area contributed by atoms with Crippen LogP contribution in [0.4, 0.5) is 0 Å². The number of aromatic nitrogens is 5. The maximum absolute atomic E-state index is 5.99. The van der Waals surface area contributed by atoms with E-state index in [4.69, 9.17) is 23.2 Å². The molecule has 3 aromatic heterocycles. The summed E-state index contributed by atoms with van der Waals surface area (Å²) < 4.78 is 3.71. The van der Waals surface area contributed by atoms with Crippen molar-refractivity contribution in [2.45, 2.75) is 0 Å². The van der Waals surface area contributed by atoms with Crippen LogP contribution in [-0.4, -0.2) is 24.3 Å². The van der Waals surface area contributed by atoms with E-state index in [0.717, 1.165) is 27.8 Å². The van der Waals surface area contributed by atoms with Gasteiger partial charge < -0.3 is 0 Å². The lowest BCUT2D eigenvalue weighted by Crippen LogP contribution is -1.93. The third kappa shape index (κ3) is 2.58. The van der Waals surface area contributed by atoms with Crippen molar-refractivity contribution in [3.05, 3.63) is 59.4 Å². The van der Waals surface area contributed by atoms with Gasteiger partial charge in [-0.05, 0) is 29.8 Å². The second kappa shape index (κ2) is 5.37. The molecule has 7 heteroatoms. The maximum Gasteiger partial charge on any atom is 0.132 e. The normalized spacial score (nSPS) is 11.3. The number of benzene rings is 1. The molecule has 3 heterocycles. The molecule has 4 rings (SSSR count). The minimum atomic E-state index is 0.348. The first-order valence-electron chi connectivity index (χ1n) is 6.90. The van der Waals surface area contributed by atoms with E-state index in [-0.39, 0.29) is 0 Å². The Kier molecular flexibility index (Phi) is 3.32. The lowest BCUT2D eigenvalue weighted by Gasteiger charge is -2.06. The number of halogens is 2. The van der Waals surface area contributed by atoms with E-state index < -0.39 is 0 Å². The zero-order valence-corrected chi connectivity index (χ0v) is 13.6. The van der Waals surface area contributed by atoms with Gasteiger partial charge in [-0.25, -0.2) is 9.97 Å². The molecular formula is C16H11Cl2N5. The first-order valence-corrected chi connectivity index (χ1v) is 7.65. The van der Waals surface area contributed by atoms with E-state index in [2.05, 4.69) is 15.1 Å². The summed E-state index contributed by atoms with van der Waals surface area (Å²) in [5.74, 6) is 0. The average molecular weight is 344 g/mol. The van der Waals surface area contributed by atoms with Gasteiger partial charge in [-0.15, -0.1) is 0 Å². The van der Waals surface area contributed by atoms with Gasteiger partial charge in [0.1, 0.15) is 16.6 Å². The lowest BCUT2D eigenvalue weighted by molar-refractivity contribution is 0.768. The Hall–Kier alpha value is -2.37. The summed E-state index contributed by atoms with van der Waals surface area (Å²) in [4.78, 5) is 8.44. The van der Waals surface area contributed by atoms with E-state index in [1.807, 2.05) is 42.2 Å². The molecule has 0 saturated heterocycles. The second-order valence-corrected chi connectivity index (χ2v) is 5.97. The van der Waals surface area contributed by atoms with Crippen molar-refractivity contribution in [2.24, 2.45) is 7.05 Å². The Morgan fingerprint density at radius 2 is 1.78 bits per heavy atom. The molecule has 0 unspecified atom stereocenters. The fraction of sp³-hybridized carbons (Fsp3) is 0.0625. The first kappa shape index (κ1) is 14.2. The quantitative estimate of drug-likeness (QED) is 0.514. The van der Waals surface area contributed by atoms with Gasteiger partial charge in [-0.3, -0.25) is 9.25 Å². The fourth-order valence-corrected chi connectivity index (χ4v) is 3.01. The van der Waals surface area contributed by atoms with Crippen molar-refractivity contribution < 1.29 is 0 Å². The van der Waals surface area contributed by atoms with E-state index in [1.165, 1.54) is 0 Å². The standard InChI is InChI=1S/C16H11Cl2N5/c1-22-8-11(7-20-22)10-2-3-14-13(4-10)19-9-23(14)12-5-15(17)21-16(18)6-12/h2-9H,1H3. The van der Waals surface area contributed by atoms with Gasteiger partial charge in [-0.1, -0.05) is 29.3 Å². The smallest absolute Gasteiger partial charge is 0.132 e. The molecule has 114 valence electrons. The van der Waals surface area contributed by atoms with Gasteiger partial charge in [0.25, 0.3) is 0 Å². The second-order valence-electron chi connectivity index (χ2n) is 5.19. The average Bonchev–Trinajstić information content (AvgIpc) is 3.11. The summed E-state index contributed by atoms with van der Waals surface area (Å²) in [5, 5.41) is 4.90. The van der Waals surface area contributed by atoms with Crippen molar-refractivity contribution >= 4 is 34.2 Å². The van der Waals surface area contributed by atoms with Gasteiger partial charge >= 0.3 is 0 Å². The monoisotopic (exact) mass is 343 g/mol. The van der Waals surface area contributed by atoms with E-state index >= 15 is 0 Å². The largest absolute Gasteiger partial charge is 0.299 e. The van der Waals surface area contributed by atoms with Crippen LogP contribution in [0.1, 0.15) is 0 Å². The van der Waals surface area contributed by atoms with Crippen molar-refractivity contribution in [1.82, 2.24) is 24.3 Å². The number of hydrogen-bond acceptors (Lipinski definition) is 3. The Morgan fingerprint density at radius 3 is 2.48 bits per heavy atom. The molecule has 4 aromatic rings. The first-order chi connectivity index (χ1) is 11.1. The number of fused-ring (bicyclic) bond motifs is 1. The van der Waals surface area contributed by atoms with Crippen LogP contribution in [-0.2, 0) is 7.05 Å². The van der Waals surface area contributed by atoms with Crippen LogP contribution >= 0.6 is 23.2 Å². The van der Waals surface area contributed by atoms with Crippen LogP contribution in [0.25, 0.3) is 27.8 Å². The summed E-state index contributed by atoms with van der Waals surface area (Å²) in [6.07, 6.45) is 5.56. The molecular weight excluding hydrogens is 333 g/mol. The summed E-state index contributed by atoms with van der Waals surface area (Å²) in [5.41, 5.74) is 4.80. The highest BCUT2D eigenvalue weighted by molar-refractivity contribution is 6.32. The molecule has 0 amide bonds. The third-order valence-corrected chi connectivity index (χ3v) is 4.00. The minimum absolute atomic E-state index is 0.348. The van der Waals surface area contributed by atoms with Crippen LogP contribution < -0.4 is 0 Å². The van der Waals surface area contributed by atoms with Crippen LogP contribution in [0.2, 0.25) is 10.3 Å². The maximum atomic E-state index is 5.99. The fourth-order valence-electron chi connectivity index (χ4n) is 2.56. The summed E-state index contributed by atoms with van der Waals surface area (Å²) >= 11 is 12.0. The molecule has 0 aliphatic heterocycles. The molecule has 0 bridgehead atoms. The minimum Gasteiger partial charge on any atom is -0.299 e. The highest BCUT2D eigenvalue weighted by Gasteiger charge is 2.09. The van der Waals surface area contributed by atoms with Crippen molar-refractivity contribution in [2.75, 3.05) is 0 Å². The lowest BCUT2D eigenvalue weighted by atomic mass is 10.1. The molecule has 0 spiro atoms. The highest BCUT2D eigenvalue weighted by atomic mass is 35.5.